The predicted octanol–water partition coefficient (Wildman–Crippen LogP) is 2.15. The van der Waals surface area contributed by atoms with Crippen LogP contribution >= 0.6 is 0 Å². The molecule has 3 unspecified atom stereocenters. The maximum Gasteiger partial charge on any atom is 0.0620 e. The summed E-state index contributed by atoms with van der Waals surface area (Å²) in [6, 6.07) is 10.8. The van der Waals surface area contributed by atoms with E-state index in [4.69, 9.17) is 10.5 Å². The molecule has 0 aliphatic heterocycles. The Labute approximate surface area is 91.4 Å². The Balaban J connectivity index is 1.85. The van der Waals surface area contributed by atoms with Crippen molar-refractivity contribution in [3.8, 4) is 0 Å². The molecule has 1 saturated carbocycles. The molecule has 2 heteroatoms. The highest BCUT2D eigenvalue weighted by atomic mass is 16.5. The van der Waals surface area contributed by atoms with Crippen LogP contribution in [0.4, 0.5) is 0 Å². The normalized spacial score (nSPS) is 26.3. The van der Waals surface area contributed by atoms with E-state index in [1.165, 1.54) is 12.0 Å². The van der Waals surface area contributed by atoms with Gasteiger partial charge in [-0.3, -0.25) is 0 Å². The number of nitrogens with two attached hydrogens (primary N) is 1. The predicted molar refractivity (Wildman–Crippen MR) is 61.8 cm³/mol. The third-order valence-electron chi connectivity index (χ3n) is 3.13. The third-order valence-corrected chi connectivity index (χ3v) is 3.13. The van der Waals surface area contributed by atoms with Crippen molar-refractivity contribution in [2.75, 3.05) is 13.2 Å². The van der Waals surface area contributed by atoms with Crippen LogP contribution in [0.1, 0.15) is 24.8 Å². The van der Waals surface area contributed by atoms with Crippen molar-refractivity contribution in [1.29, 1.82) is 0 Å². The van der Waals surface area contributed by atoms with E-state index in [0.29, 0.717) is 18.4 Å². The maximum atomic E-state index is 6.07. The number of hydrogen-bond acceptors (Lipinski definition) is 2. The standard InChI is InChI=1S/C13H19NO/c1-2-15-9-13(14)12-8-11(12)10-6-4-3-5-7-10/h3-7,11-13H,2,8-9,14H2,1H3. The van der Waals surface area contributed by atoms with Gasteiger partial charge in [-0.15, -0.1) is 0 Å². The fourth-order valence-corrected chi connectivity index (χ4v) is 2.15. The number of hydrogen-bond donors (Lipinski definition) is 1. The molecule has 0 amide bonds. The molecule has 2 rings (SSSR count). The second kappa shape index (κ2) is 4.77. The molecule has 2 nitrogen and oxygen atoms in total. The van der Waals surface area contributed by atoms with E-state index >= 15 is 0 Å². The zero-order chi connectivity index (χ0) is 10.7. The van der Waals surface area contributed by atoms with Crippen molar-refractivity contribution in [3.05, 3.63) is 35.9 Å². The Morgan fingerprint density at radius 2 is 2.13 bits per heavy atom. The molecule has 0 bridgehead atoms. The highest BCUT2D eigenvalue weighted by Gasteiger charge is 2.42. The van der Waals surface area contributed by atoms with Crippen LogP contribution in [0.15, 0.2) is 30.3 Å². The molecule has 1 aliphatic carbocycles. The lowest BCUT2D eigenvalue weighted by Gasteiger charge is -2.10. The maximum absolute atomic E-state index is 6.07. The van der Waals surface area contributed by atoms with Crippen molar-refractivity contribution in [3.63, 3.8) is 0 Å². The number of benzene rings is 1. The zero-order valence-electron chi connectivity index (χ0n) is 9.23. The summed E-state index contributed by atoms with van der Waals surface area (Å²) in [5, 5.41) is 0. The summed E-state index contributed by atoms with van der Waals surface area (Å²) in [4.78, 5) is 0. The first-order chi connectivity index (χ1) is 7.33. The van der Waals surface area contributed by atoms with E-state index < -0.39 is 0 Å². The summed E-state index contributed by atoms with van der Waals surface area (Å²) in [6.45, 7) is 3.47. The van der Waals surface area contributed by atoms with Gasteiger partial charge in [0.2, 0.25) is 0 Å². The van der Waals surface area contributed by atoms with E-state index in [0.717, 1.165) is 6.61 Å². The van der Waals surface area contributed by atoms with E-state index in [9.17, 15) is 0 Å². The second-order valence-electron chi connectivity index (χ2n) is 4.24. The summed E-state index contributed by atoms with van der Waals surface area (Å²) in [6.07, 6.45) is 1.22. The van der Waals surface area contributed by atoms with Crippen LogP contribution in [0.3, 0.4) is 0 Å². The largest absolute Gasteiger partial charge is 0.380 e. The van der Waals surface area contributed by atoms with Crippen molar-refractivity contribution >= 4 is 0 Å². The van der Waals surface area contributed by atoms with Crippen LogP contribution in [0, 0.1) is 5.92 Å². The Kier molecular flexibility index (Phi) is 3.39. The monoisotopic (exact) mass is 205 g/mol. The molecule has 1 aromatic carbocycles. The molecule has 1 fully saturated rings. The minimum absolute atomic E-state index is 0.204. The quantitative estimate of drug-likeness (QED) is 0.799. The molecule has 0 saturated heterocycles. The lowest BCUT2D eigenvalue weighted by Crippen LogP contribution is -2.29. The van der Waals surface area contributed by atoms with Gasteiger partial charge in [0.1, 0.15) is 0 Å². The Hall–Kier alpha value is -0.860. The van der Waals surface area contributed by atoms with Crippen LogP contribution in [-0.2, 0) is 4.74 Å². The van der Waals surface area contributed by atoms with Crippen molar-refractivity contribution in [2.24, 2.45) is 11.7 Å². The molecular formula is C13H19NO. The smallest absolute Gasteiger partial charge is 0.0620 e. The van der Waals surface area contributed by atoms with E-state index in [1.54, 1.807) is 0 Å². The van der Waals surface area contributed by atoms with E-state index in [2.05, 4.69) is 30.3 Å². The van der Waals surface area contributed by atoms with Crippen LogP contribution < -0.4 is 5.73 Å². The van der Waals surface area contributed by atoms with E-state index in [-0.39, 0.29) is 6.04 Å². The number of ether oxygens (including phenoxy) is 1. The molecule has 0 heterocycles. The van der Waals surface area contributed by atoms with Gasteiger partial charge in [0.25, 0.3) is 0 Å². The summed E-state index contributed by atoms with van der Waals surface area (Å²) in [5.74, 6) is 1.29. The first-order valence-electron chi connectivity index (χ1n) is 5.71. The fraction of sp³-hybridized carbons (Fsp3) is 0.538. The van der Waals surface area contributed by atoms with Crippen LogP contribution in [0.2, 0.25) is 0 Å². The van der Waals surface area contributed by atoms with Gasteiger partial charge in [-0.05, 0) is 30.7 Å². The molecular weight excluding hydrogens is 186 g/mol. The van der Waals surface area contributed by atoms with Gasteiger partial charge in [0.15, 0.2) is 0 Å². The molecule has 2 N–H and O–H groups in total. The van der Waals surface area contributed by atoms with Gasteiger partial charge in [0, 0.05) is 12.6 Å². The summed E-state index contributed by atoms with van der Waals surface area (Å²) >= 11 is 0. The average Bonchev–Trinajstić information content (AvgIpc) is 3.07. The molecule has 1 aliphatic rings. The lowest BCUT2D eigenvalue weighted by atomic mass is 10.1. The van der Waals surface area contributed by atoms with Gasteiger partial charge in [-0.2, -0.15) is 0 Å². The first kappa shape index (κ1) is 10.7. The van der Waals surface area contributed by atoms with Crippen molar-refractivity contribution in [2.45, 2.75) is 25.3 Å². The summed E-state index contributed by atoms with van der Waals surface area (Å²) in [5.41, 5.74) is 7.49. The third kappa shape index (κ3) is 2.58. The molecule has 15 heavy (non-hydrogen) atoms. The minimum Gasteiger partial charge on any atom is -0.380 e. The molecule has 0 radical (unpaired) electrons. The van der Waals surface area contributed by atoms with Gasteiger partial charge in [0.05, 0.1) is 6.61 Å². The molecule has 82 valence electrons. The molecule has 0 aromatic heterocycles. The summed E-state index contributed by atoms with van der Waals surface area (Å²) in [7, 11) is 0. The molecule has 3 atom stereocenters. The van der Waals surface area contributed by atoms with Crippen LogP contribution in [-0.4, -0.2) is 19.3 Å². The SMILES string of the molecule is CCOCC(N)C1CC1c1ccccc1. The van der Waals surface area contributed by atoms with E-state index in [1.807, 2.05) is 6.92 Å². The molecule has 1 aromatic rings. The average molecular weight is 205 g/mol. The highest BCUT2D eigenvalue weighted by Crippen LogP contribution is 2.48. The Morgan fingerprint density at radius 1 is 1.40 bits per heavy atom. The van der Waals surface area contributed by atoms with Gasteiger partial charge >= 0.3 is 0 Å². The van der Waals surface area contributed by atoms with Crippen LogP contribution in [0.25, 0.3) is 0 Å². The summed E-state index contributed by atoms with van der Waals surface area (Å²) < 4.78 is 5.36. The van der Waals surface area contributed by atoms with Gasteiger partial charge < -0.3 is 10.5 Å². The van der Waals surface area contributed by atoms with Gasteiger partial charge in [-0.25, -0.2) is 0 Å². The lowest BCUT2D eigenvalue weighted by molar-refractivity contribution is 0.127. The number of rotatable bonds is 5. The Bertz CT molecular complexity index is 299. The van der Waals surface area contributed by atoms with Crippen molar-refractivity contribution in [1.82, 2.24) is 0 Å². The topological polar surface area (TPSA) is 35.2 Å². The van der Waals surface area contributed by atoms with Crippen LogP contribution in [0.5, 0.6) is 0 Å². The minimum atomic E-state index is 0.204. The molecule has 0 spiro atoms. The first-order valence-corrected chi connectivity index (χ1v) is 5.71. The Morgan fingerprint density at radius 3 is 2.80 bits per heavy atom. The zero-order valence-corrected chi connectivity index (χ0v) is 9.23. The fourth-order valence-electron chi connectivity index (χ4n) is 2.15. The van der Waals surface area contributed by atoms with Crippen molar-refractivity contribution < 1.29 is 4.74 Å². The van der Waals surface area contributed by atoms with Gasteiger partial charge in [-0.1, -0.05) is 30.3 Å². The second-order valence-corrected chi connectivity index (χ2v) is 4.24. The highest BCUT2D eigenvalue weighted by molar-refractivity contribution is 5.26.